The predicted octanol–water partition coefficient (Wildman–Crippen LogP) is 0.584. The quantitative estimate of drug-likeness (QED) is 0.746. The summed E-state index contributed by atoms with van der Waals surface area (Å²) < 4.78 is 3.72. The van der Waals surface area contributed by atoms with E-state index in [1.807, 2.05) is 16.2 Å². The third-order valence-corrected chi connectivity index (χ3v) is 3.65. The molecule has 0 fully saturated rings. The van der Waals surface area contributed by atoms with E-state index in [1.54, 1.807) is 6.33 Å². The molecule has 2 aromatic heterocycles. The van der Waals surface area contributed by atoms with Crippen LogP contribution in [0.15, 0.2) is 11.5 Å². The number of rotatable bonds is 7. The highest BCUT2D eigenvalue weighted by Crippen LogP contribution is 2.18. The van der Waals surface area contributed by atoms with Gasteiger partial charge in [-0.2, -0.15) is 0 Å². The van der Waals surface area contributed by atoms with E-state index >= 15 is 0 Å². The van der Waals surface area contributed by atoms with Crippen LogP contribution >= 0.6 is 11.8 Å². The lowest BCUT2D eigenvalue weighted by atomic mass is 10.3. The average Bonchev–Trinajstić information content (AvgIpc) is 2.97. The summed E-state index contributed by atoms with van der Waals surface area (Å²) in [6, 6.07) is 0. The van der Waals surface area contributed by atoms with Gasteiger partial charge < -0.3 is 9.67 Å². The molecule has 0 aliphatic carbocycles. The molecule has 0 aromatic carbocycles. The van der Waals surface area contributed by atoms with Crippen LogP contribution in [0.25, 0.3) is 0 Å². The summed E-state index contributed by atoms with van der Waals surface area (Å²) >= 11 is 1.16. The molecule has 108 valence electrons. The summed E-state index contributed by atoms with van der Waals surface area (Å²) in [5.41, 5.74) is 0. The van der Waals surface area contributed by atoms with Crippen molar-refractivity contribution in [2.24, 2.45) is 7.05 Å². The number of carboxylic acids is 1. The Hall–Kier alpha value is -1.90. The van der Waals surface area contributed by atoms with E-state index in [-0.39, 0.29) is 5.75 Å². The molecule has 8 nitrogen and oxygen atoms in total. The topological polar surface area (TPSA) is 98.7 Å². The Kier molecular flexibility index (Phi) is 4.72. The molecule has 0 bridgehead atoms. The largest absolute Gasteiger partial charge is 0.481 e. The van der Waals surface area contributed by atoms with E-state index in [1.165, 1.54) is 0 Å². The molecule has 0 atom stereocenters. The van der Waals surface area contributed by atoms with E-state index in [9.17, 15) is 4.79 Å². The fraction of sp³-hybridized carbons (Fsp3) is 0.545. The molecule has 0 amide bonds. The molecule has 0 saturated heterocycles. The van der Waals surface area contributed by atoms with Crippen molar-refractivity contribution in [2.45, 2.75) is 31.5 Å². The van der Waals surface area contributed by atoms with Gasteiger partial charge in [-0.25, -0.2) is 0 Å². The Morgan fingerprint density at radius 2 is 2.15 bits per heavy atom. The predicted molar refractivity (Wildman–Crippen MR) is 72.5 cm³/mol. The van der Waals surface area contributed by atoms with Gasteiger partial charge in [0.2, 0.25) is 0 Å². The van der Waals surface area contributed by atoms with Crippen molar-refractivity contribution in [3.63, 3.8) is 0 Å². The van der Waals surface area contributed by atoms with Gasteiger partial charge in [-0.05, 0) is 6.42 Å². The maximum absolute atomic E-state index is 10.7. The summed E-state index contributed by atoms with van der Waals surface area (Å²) in [5.74, 6) is 0.700. The molecular formula is C11H16N6O2S. The first-order valence-electron chi connectivity index (χ1n) is 6.21. The van der Waals surface area contributed by atoms with Crippen molar-refractivity contribution in [3.05, 3.63) is 18.0 Å². The molecule has 0 unspecified atom stereocenters. The van der Waals surface area contributed by atoms with Crippen molar-refractivity contribution < 1.29 is 9.90 Å². The Morgan fingerprint density at radius 3 is 2.75 bits per heavy atom. The Balaban J connectivity index is 2.24. The molecule has 2 heterocycles. The standard InChI is InChI=1S/C11H16N6O2S/c1-3-4-8-14-15-11(20-6-10(18)19)17(8)5-9-13-12-7-16(9)2/h7H,3-6H2,1-2H3,(H,18,19). The fourth-order valence-corrected chi connectivity index (χ4v) is 2.39. The number of aliphatic carboxylic acids is 1. The van der Waals surface area contributed by atoms with Crippen LogP contribution in [0.4, 0.5) is 0 Å². The number of aromatic nitrogens is 6. The maximum atomic E-state index is 10.7. The molecule has 2 rings (SSSR count). The van der Waals surface area contributed by atoms with E-state index in [0.717, 1.165) is 36.3 Å². The minimum absolute atomic E-state index is 0.0386. The van der Waals surface area contributed by atoms with Gasteiger partial charge in [0.1, 0.15) is 12.2 Å². The molecule has 0 aliphatic heterocycles. The number of aryl methyl sites for hydroxylation is 2. The van der Waals surface area contributed by atoms with Crippen molar-refractivity contribution >= 4 is 17.7 Å². The van der Waals surface area contributed by atoms with E-state index in [4.69, 9.17) is 5.11 Å². The van der Waals surface area contributed by atoms with Crippen LogP contribution in [-0.2, 0) is 24.8 Å². The van der Waals surface area contributed by atoms with E-state index < -0.39 is 5.97 Å². The second-order valence-electron chi connectivity index (χ2n) is 4.28. The van der Waals surface area contributed by atoms with Gasteiger partial charge in [-0.15, -0.1) is 20.4 Å². The summed E-state index contributed by atoms with van der Waals surface area (Å²) in [5, 5.41) is 25.5. The van der Waals surface area contributed by atoms with Gasteiger partial charge in [-0.3, -0.25) is 9.36 Å². The second kappa shape index (κ2) is 6.51. The number of carboxylic acid groups (broad SMARTS) is 1. The van der Waals surface area contributed by atoms with Gasteiger partial charge in [0.15, 0.2) is 11.0 Å². The van der Waals surface area contributed by atoms with Crippen molar-refractivity contribution in [1.29, 1.82) is 0 Å². The van der Waals surface area contributed by atoms with Crippen LogP contribution in [0.1, 0.15) is 25.0 Å². The lowest BCUT2D eigenvalue weighted by Gasteiger charge is -2.08. The van der Waals surface area contributed by atoms with Crippen LogP contribution in [0.2, 0.25) is 0 Å². The van der Waals surface area contributed by atoms with Gasteiger partial charge in [0.25, 0.3) is 0 Å². The zero-order valence-corrected chi connectivity index (χ0v) is 12.2. The maximum Gasteiger partial charge on any atom is 0.313 e. The third-order valence-electron chi connectivity index (χ3n) is 2.70. The highest BCUT2D eigenvalue weighted by Gasteiger charge is 2.15. The van der Waals surface area contributed by atoms with Crippen LogP contribution < -0.4 is 0 Å². The monoisotopic (exact) mass is 296 g/mol. The fourth-order valence-electron chi connectivity index (χ4n) is 1.71. The zero-order valence-electron chi connectivity index (χ0n) is 11.4. The molecule has 20 heavy (non-hydrogen) atoms. The number of thioether (sulfide) groups is 1. The molecule has 0 saturated carbocycles. The first-order valence-corrected chi connectivity index (χ1v) is 7.20. The molecule has 2 aromatic rings. The number of hydrogen-bond acceptors (Lipinski definition) is 6. The summed E-state index contributed by atoms with van der Waals surface area (Å²) in [6.07, 6.45) is 3.36. The first-order chi connectivity index (χ1) is 9.61. The summed E-state index contributed by atoms with van der Waals surface area (Å²) in [7, 11) is 1.86. The Bertz CT molecular complexity index is 594. The highest BCUT2D eigenvalue weighted by atomic mass is 32.2. The first kappa shape index (κ1) is 14.5. The number of nitrogens with zero attached hydrogens (tertiary/aromatic N) is 6. The SMILES string of the molecule is CCCc1nnc(SCC(=O)O)n1Cc1nncn1C. The molecule has 1 N–H and O–H groups in total. The molecule has 0 spiro atoms. The van der Waals surface area contributed by atoms with Gasteiger partial charge in [-0.1, -0.05) is 18.7 Å². The molecule has 0 aliphatic rings. The Morgan fingerprint density at radius 1 is 1.35 bits per heavy atom. The zero-order chi connectivity index (χ0) is 14.5. The Labute approximate surface area is 120 Å². The van der Waals surface area contributed by atoms with Crippen molar-refractivity contribution in [3.8, 4) is 0 Å². The molecular weight excluding hydrogens is 280 g/mol. The lowest BCUT2D eigenvalue weighted by Crippen LogP contribution is -2.11. The van der Waals surface area contributed by atoms with Crippen molar-refractivity contribution in [2.75, 3.05) is 5.75 Å². The van der Waals surface area contributed by atoms with Gasteiger partial charge in [0.05, 0.1) is 12.3 Å². The summed E-state index contributed by atoms with van der Waals surface area (Å²) in [6.45, 7) is 2.55. The van der Waals surface area contributed by atoms with Crippen LogP contribution in [0.5, 0.6) is 0 Å². The minimum atomic E-state index is -0.875. The van der Waals surface area contributed by atoms with E-state index in [2.05, 4.69) is 27.3 Å². The number of carbonyl (C=O) groups is 1. The lowest BCUT2D eigenvalue weighted by molar-refractivity contribution is -0.133. The second-order valence-corrected chi connectivity index (χ2v) is 5.22. The van der Waals surface area contributed by atoms with Crippen LogP contribution in [0.3, 0.4) is 0 Å². The van der Waals surface area contributed by atoms with Crippen molar-refractivity contribution in [1.82, 2.24) is 29.5 Å². The van der Waals surface area contributed by atoms with E-state index in [0.29, 0.717) is 11.7 Å². The smallest absolute Gasteiger partial charge is 0.313 e. The third kappa shape index (κ3) is 3.35. The molecule has 9 heteroatoms. The van der Waals surface area contributed by atoms with Crippen LogP contribution in [-0.4, -0.2) is 46.4 Å². The number of hydrogen-bond donors (Lipinski definition) is 1. The van der Waals surface area contributed by atoms with Gasteiger partial charge >= 0.3 is 5.97 Å². The highest BCUT2D eigenvalue weighted by molar-refractivity contribution is 7.99. The minimum Gasteiger partial charge on any atom is -0.481 e. The molecule has 0 radical (unpaired) electrons. The normalized spacial score (nSPS) is 10.9. The average molecular weight is 296 g/mol. The summed E-state index contributed by atoms with van der Waals surface area (Å²) in [4.78, 5) is 10.7. The van der Waals surface area contributed by atoms with Gasteiger partial charge in [0, 0.05) is 13.5 Å². The van der Waals surface area contributed by atoms with Crippen LogP contribution in [0, 0.1) is 0 Å².